The molecule has 1 atom stereocenters. The smallest absolute Gasteiger partial charge is 0.123 e. The molecule has 2 rings (SSSR count). The first-order chi connectivity index (χ1) is 8.98. The second-order valence-corrected chi connectivity index (χ2v) is 6.37. The maximum absolute atomic E-state index is 5.48. The summed E-state index contributed by atoms with van der Waals surface area (Å²) in [6, 6.07) is 6.74. The van der Waals surface area contributed by atoms with E-state index in [0.29, 0.717) is 11.5 Å². The Balaban J connectivity index is 2.04. The molecule has 0 aromatic heterocycles. The molecule has 0 saturated heterocycles. The second kappa shape index (κ2) is 5.54. The Morgan fingerprint density at radius 3 is 2.47 bits per heavy atom. The minimum absolute atomic E-state index is 0.339. The highest BCUT2D eigenvalue weighted by atomic mass is 16.5. The average Bonchev–Trinajstić information content (AvgIpc) is 3.17. The standard InChI is InChI=1S/C17H27NO/c1-12(2)17(8-9-17)11-18-14(4)15-10-13(3)6-7-16(15)19-5/h6-7,10,12,14,18H,8-9,11H2,1-5H3. The fourth-order valence-electron chi connectivity index (χ4n) is 2.78. The predicted molar refractivity (Wildman–Crippen MR) is 80.7 cm³/mol. The van der Waals surface area contributed by atoms with Crippen molar-refractivity contribution >= 4 is 0 Å². The van der Waals surface area contributed by atoms with Gasteiger partial charge in [0.15, 0.2) is 0 Å². The lowest BCUT2D eigenvalue weighted by Gasteiger charge is -2.24. The van der Waals surface area contributed by atoms with Crippen molar-refractivity contribution < 1.29 is 4.74 Å². The molecule has 0 heterocycles. The number of hydrogen-bond donors (Lipinski definition) is 1. The molecule has 1 aromatic carbocycles. The van der Waals surface area contributed by atoms with E-state index < -0.39 is 0 Å². The van der Waals surface area contributed by atoms with Crippen LogP contribution in [0.1, 0.15) is 50.8 Å². The Labute approximate surface area is 117 Å². The summed E-state index contributed by atoms with van der Waals surface area (Å²) in [6.07, 6.45) is 2.74. The largest absolute Gasteiger partial charge is 0.496 e. The van der Waals surface area contributed by atoms with Gasteiger partial charge in [-0.3, -0.25) is 0 Å². The van der Waals surface area contributed by atoms with Crippen LogP contribution in [0, 0.1) is 18.3 Å². The molecule has 0 bridgehead atoms. The van der Waals surface area contributed by atoms with Gasteiger partial charge in [-0.05, 0) is 44.1 Å². The molecule has 1 N–H and O–H groups in total. The Hall–Kier alpha value is -1.02. The summed E-state index contributed by atoms with van der Waals surface area (Å²) in [5, 5.41) is 3.70. The van der Waals surface area contributed by atoms with Gasteiger partial charge in [0, 0.05) is 18.2 Å². The van der Waals surface area contributed by atoms with Crippen molar-refractivity contribution in [1.29, 1.82) is 0 Å². The predicted octanol–water partition coefficient (Wildman–Crippen LogP) is 4.09. The molecule has 0 amide bonds. The molecule has 1 fully saturated rings. The van der Waals surface area contributed by atoms with Crippen LogP contribution >= 0.6 is 0 Å². The van der Waals surface area contributed by atoms with Gasteiger partial charge in [-0.15, -0.1) is 0 Å². The monoisotopic (exact) mass is 261 g/mol. The highest BCUT2D eigenvalue weighted by Gasteiger charge is 2.44. The zero-order chi connectivity index (χ0) is 14.0. The van der Waals surface area contributed by atoms with E-state index in [-0.39, 0.29) is 0 Å². The third-order valence-corrected chi connectivity index (χ3v) is 4.73. The molecular formula is C17H27NO. The molecule has 1 aromatic rings. The quantitative estimate of drug-likeness (QED) is 0.832. The Morgan fingerprint density at radius 2 is 1.95 bits per heavy atom. The lowest BCUT2D eigenvalue weighted by Crippen LogP contribution is -2.30. The van der Waals surface area contributed by atoms with Gasteiger partial charge in [-0.1, -0.05) is 31.5 Å². The zero-order valence-electron chi connectivity index (χ0n) is 12.9. The van der Waals surface area contributed by atoms with E-state index in [1.807, 2.05) is 0 Å². The van der Waals surface area contributed by atoms with Crippen molar-refractivity contribution in [3.05, 3.63) is 29.3 Å². The normalized spacial score (nSPS) is 18.4. The average molecular weight is 261 g/mol. The minimum atomic E-state index is 0.339. The maximum Gasteiger partial charge on any atom is 0.123 e. The number of methoxy groups -OCH3 is 1. The Kier molecular flexibility index (Phi) is 4.19. The molecule has 2 nitrogen and oxygen atoms in total. The van der Waals surface area contributed by atoms with E-state index in [9.17, 15) is 0 Å². The van der Waals surface area contributed by atoms with Gasteiger partial charge in [0.05, 0.1) is 7.11 Å². The number of nitrogens with one attached hydrogen (secondary N) is 1. The van der Waals surface area contributed by atoms with E-state index in [0.717, 1.165) is 18.2 Å². The number of hydrogen-bond acceptors (Lipinski definition) is 2. The van der Waals surface area contributed by atoms with Gasteiger partial charge in [0.25, 0.3) is 0 Å². The van der Waals surface area contributed by atoms with Crippen molar-refractivity contribution in [2.45, 2.75) is 46.6 Å². The summed E-state index contributed by atoms with van der Waals surface area (Å²) < 4.78 is 5.48. The molecule has 2 heteroatoms. The molecule has 19 heavy (non-hydrogen) atoms. The Morgan fingerprint density at radius 1 is 1.26 bits per heavy atom. The van der Waals surface area contributed by atoms with Gasteiger partial charge in [-0.2, -0.15) is 0 Å². The Bertz CT molecular complexity index is 435. The lowest BCUT2D eigenvalue weighted by atomic mass is 9.92. The van der Waals surface area contributed by atoms with Crippen molar-refractivity contribution in [2.24, 2.45) is 11.3 Å². The van der Waals surface area contributed by atoms with Crippen molar-refractivity contribution in [3.8, 4) is 5.75 Å². The molecule has 0 radical (unpaired) electrons. The van der Waals surface area contributed by atoms with Crippen LogP contribution in [0.25, 0.3) is 0 Å². The van der Waals surface area contributed by atoms with Crippen LogP contribution in [-0.4, -0.2) is 13.7 Å². The first-order valence-corrected chi connectivity index (χ1v) is 7.36. The topological polar surface area (TPSA) is 21.3 Å². The fraction of sp³-hybridized carbons (Fsp3) is 0.647. The van der Waals surface area contributed by atoms with E-state index in [1.54, 1.807) is 7.11 Å². The summed E-state index contributed by atoms with van der Waals surface area (Å²) in [7, 11) is 1.75. The summed E-state index contributed by atoms with van der Waals surface area (Å²) in [5.41, 5.74) is 3.10. The van der Waals surface area contributed by atoms with E-state index >= 15 is 0 Å². The highest BCUT2D eigenvalue weighted by molar-refractivity contribution is 5.38. The molecule has 106 valence electrons. The van der Waals surface area contributed by atoms with Crippen LogP contribution in [-0.2, 0) is 0 Å². The molecule has 1 aliphatic rings. The highest BCUT2D eigenvalue weighted by Crippen LogP contribution is 2.51. The zero-order valence-corrected chi connectivity index (χ0v) is 12.9. The van der Waals surface area contributed by atoms with E-state index in [2.05, 4.69) is 51.2 Å². The SMILES string of the molecule is COc1ccc(C)cc1C(C)NCC1(C(C)C)CC1. The van der Waals surface area contributed by atoms with Crippen LogP contribution in [0.5, 0.6) is 5.75 Å². The van der Waals surface area contributed by atoms with Gasteiger partial charge in [0.2, 0.25) is 0 Å². The molecular weight excluding hydrogens is 234 g/mol. The molecule has 1 saturated carbocycles. The van der Waals surface area contributed by atoms with Gasteiger partial charge >= 0.3 is 0 Å². The molecule has 0 aliphatic heterocycles. The van der Waals surface area contributed by atoms with Gasteiger partial charge in [-0.25, -0.2) is 0 Å². The van der Waals surface area contributed by atoms with Gasteiger partial charge in [0.1, 0.15) is 5.75 Å². The minimum Gasteiger partial charge on any atom is -0.496 e. The van der Waals surface area contributed by atoms with Crippen molar-refractivity contribution in [1.82, 2.24) is 5.32 Å². The summed E-state index contributed by atoms with van der Waals surface area (Å²) in [6.45, 7) is 10.2. The summed E-state index contributed by atoms with van der Waals surface area (Å²) in [4.78, 5) is 0. The number of aryl methyl sites for hydroxylation is 1. The van der Waals surface area contributed by atoms with Crippen LogP contribution < -0.4 is 10.1 Å². The fourth-order valence-corrected chi connectivity index (χ4v) is 2.78. The lowest BCUT2D eigenvalue weighted by molar-refractivity contribution is 0.322. The molecule has 1 aliphatic carbocycles. The van der Waals surface area contributed by atoms with Crippen molar-refractivity contribution in [2.75, 3.05) is 13.7 Å². The van der Waals surface area contributed by atoms with E-state index in [1.165, 1.54) is 24.0 Å². The maximum atomic E-state index is 5.48. The first kappa shape index (κ1) is 14.4. The summed E-state index contributed by atoms with van der Waals surface area (Å²) in [5.74, 6) is 1.76. The van der Waals surface area contributed by atoms with Crippen LogP contribution in [0.4, 0.5) is 0 Å². The van der Waals surface area contributed by atoms with Crippen LogP contribution in [0.2, 0.25) is 0 Å². The summed E-state index contributed by atoms with van der Waals surface area (Å²) >= 11 is 0. The number of benzene rings is 1. The molecule has 1 unspecified atom stereocenters. The third-order valence-electron chi connectivity index (χ3n) is 4.73. The van der Waals surface area contributed by atoms with Crippen LogP contribution in [0.3, 0.4) is 0 Å². The second-order valence-electron chi connectivity index (χ2n) is 6.37. The number of ether oxygens (including phenoxy) is 1. The molecule has 0 spiro atoms. The van der Waals surface area contributed by atoms with Crippen molar-refractivity contribution in [3.63, 3.8) is 0 Å². The number of rotatable bonds is 6. The van der Waals surface area contributed by atoms with E-state index in [4.69, 9.17) is 4.74 Å². The first-order valence-electron chi connectivity index (χ1n) is 7.36. The van der Waals surface area contributed by atoms with Crippen LogP contribution in [0.15, 0.2) is 18.2 Å². The van der Waals surface area contributed by atoms with Gasteiger partial charge < -0.3 is 10.1 Å². The third kappa shape index (κ3) is 3.11.